The zero-order valence-corrected chi connectivity index (χ0v) is 16.2. The Bertz CT molecular complexity index is 1190. The molecular weight excluding hydrogens is 362 g/mol. The second kappa shape index (κ2) is 7.09. The van der Waals surface area contributed by atoms with Crippen molar-refractivity contribution in [3.63, 3.8) is 0 Å². The molecule has 1 N–H and O–H groups in total. The SMILES string of the molecule is Cc1ccc(C(=O)N2CCOc3ccc(-c4ccc5nc[nH]c5c4)cc3C2)cc1. The lowest BCUT2D eigenvalue weighted by Gasteiger charge is -2.20. The number of fused-ring (bicyclic) bond motifs is 2. The van der Waals surface area contributed by atoms with E-state index in [0.717, 1.165) is 39.0 Å². The predicted octanol–water partition coefficient (Wildman–Crippen LogP) is 4.57. The van der Waals surface area contributed by atoms with Gasteiger partial charge in [-0.2, -0.15) is 0 Å². The summed E-state index contributed by atoms with van der Waals surface area (Å²) in [6.07, 6.45) is 1.70. The molecule has 1 aliphatic heterocycles. The number of carbonyl (C=O) groups is 1. The Balaban J connectivity index is 1.46. The lowest BCUT2D eigenvalue weighted by molar-refractivity contribution is 0.0733. The lowest BCUT2D eigenvalue weighted by atomic mass is 10.0. The molecule has 0 fully saturated rings. The largest absolute Gasteiger partial charge is 0.491 e. The molecule has 0 aliphatic carbocycles. The van der Waals surface area contributed by atoms with Crippen LogP contribution in [-0.2, 0) is 6.54 Å². The zero-order valence-electron chi connectivity index (χ0n) is 16.2. The van der Waals surface area contributed by atoms with Gasteiger partial charge in [0.2, 0.25) is 0 Å². The smallest absolute Gasteiger partial charge is 0.254 e. The fourth-order valence-corrected chi connectivity index (χ4v) is 3.74. The van der Waals surface area contributed by atoms with Crippen LogP contribution in [0.3, 0.4) is 0 Å². The number of rotatable bonds is 2. The van der Waals surface area contributed by atoms with Crippen molar-refractivity contribution in [2.24, 2.45) is 0 Å². The van der Waals surface area contributed by atoms with Crippen LogP contribution in [0.1, 0.15) is 21.5 Å². The number of aromatic amines is 1. The Morgan fingerprint density at radius 1 is 1.03 bits per heavy atom. The minimum atomic E-state index is 0.0331. The van der Waals surface area contributed by atoms with Crippen molar-refractivity contribution in [3.05, 3.63) is 83.7 Å². The molecule has 0 spiro atoms. The second-order valence-electron chi connectivity index (χ2n) is 7.40. The molecule has 3 aromatic carbocycles. The third-order valence-electron chi connectivity index (χ3n) is 5.38. The summed E-state index contributed by atoms with van der Waals surface area (Å²) < 4.78 is 5.92. The van der Waals surface area contributed by atoms with Gasteiger partial charge in [0.05, 0.1) is 23.9 Å². The van der Waals surface area contributed by atoms with E-state index in [2.05, 4.69) is 34.2 Å². The molecule has 1 amide bonds. The second-order valence-corrected chi connectivity index (χ2v) is 7.40. The average molecular weight is 383 g/mol. The first kappa shape index (κ1) is 17.5. The standard InChI is InChI=1S/C24H21N3O2/c1-16-2-4-17(5-3-16)24(28)27-10-11-29-23-9-7-18(12-20(23)14-27)19-6-8-21-22(13-19)26-15-25-21/h2-9,12-13,15H,10-11,14H2,1H3,(H,25,26). The molecule has 4 aromatic rings. The number of carbonyl (C=O) groups excluding carboxylic acids is 1. The van der Waals surface area contributed by atoms with Gasteiger partial charge in [0, 0.05) is 17.7 Å². The molecular formula is C24H21N3O2. The van der Waals surface area contributed by atoms with Crippen LogP contribution in [0.5, 0.6) is 5.75 Å². The van der Waals surface area contributed by atoms with E-state index >= 15 is 0 Å². The first-order valence-corrected chi connectivity index (χ1v) is 9.72. The Hall–Kier alpha value is -3.60. The maximum atomic E-state index is 13.0. The Kier molecular flexibility index (Phi) is 4.28. The first-order chi connectivity index (χ1) is 14.2. The number of aromatic nitrogens is 2. The molecule has 0 saturated carbocycles. The van der Waals surface area contributed by atoms with E-state index in [9.17, 15) is 4.79 Å². The summed E-state index contributed by atoms with van der Waals surface area (Å²) in [5.41, 5.74) is 7.01. The van der Waals surface area contributed by atoms with Gasteiger partial charge >= 0.3 is 0 Å². The zero-order chi connectivity index (χ0) is 19.8. The van der Waals surface area contributed by atoms with Crippen molar-refractivity contribution in [1.29, 1.82) is 0 Å². The third kappa shape index (κ3) is 3.36. The molecule has 0 atom stereocenters. The molecule has 144 valence electrons. The lowest BCUT2D eigenvalue weighted by Crippen LogP contribution is -2.32. The van der Waals surface area contributed by atoms with Crippen LogP contribution < -0.4 is 4.74 Å². The van der Waals surface area contributed by atoms with Gasteiger partial charge in [0.25, 0.3) is 5.91 Å². The molecule has 0 radical (unpaired) electrons. The number of nitrogens with zero attached hydrogens (tertiary/aromatic N) is 2. The van der Waals surface area contributed by atoms with Crippen molar-refractivity contribution >= 4 is 16.9 Å². The molecule has 29 heavy (non-hydrogen) atoms. The summed E-state index contributed by atoms with van der Waals surface area (Å²) in [6, 6.07) is 20.1. The molecule has 5 heteroatoms. The van der Waals surface area contributed by atoms with Crippen LogP contribution in [0.15, 0.2) is 67.0 Å². The number of nitrogens with one attached hydrogen (secondary N) is 1. The summed E-state index contributed by atoms with van der Waals surface area (Å²) in [5, 5.41) is 0. The van der Waals surface area contributed by atoms with Crippen molar-refractivity contribution in [2.75, 3.05) is 13.2 Å². The van der Waals surface area contributed by atoms with Crippen molar-refractivity contribution in [2.45, 2.75) is 13.5 Å². The number of H-pyrrole nitrogens is 1. The van der Waals surface area contributed by atoms with Crippen LogP contribution in [0.2, 0.25) is 0 Å². The van der Waals surface area contributed by atoms with Crippen LogP contribution in [-0.4, -0.2) is 33.9 Å². The van der Waals surface area contributed by atoms with Gasteiger partial charge in [-0.05, 0) is 54.4 Å². The highest BCUT2D eigenvalue weighted by atomic mass is 16.5. The monoisotopic (exact) mass is 383 g/mol. The first-order valence-electron chi connectivity index (χ1n) is 9.72. The Morgan fingerprint density at radius 3 is 2.69 bits per heavy atom. The van der Waals surface area contributed by atoms with E-state index in [1.807, 2.05) is 48.2 Å². The van der Waals surface area contributed by atoms with Gasteiger partial charge in [-0.3, -0.25) is 4.79 Å². The Morgan fingerprint density at radius 2 is 1.83 bits per heavy atom. The third-order valence-corrected chi connectivity index (χ3v) is 5.38. The summed E-state index contributed by atoms with van der Waals surface area (Å²) in [4.78, 5) is 22.3. The van der Waals surface area contributed by atoms with Crippen molar-refractivity contribution < 1.29 is 9.53 Å². The average Bonchev–Trinajstić information content (AvgIpc) is 3.11. The predicted molar refractivity (Wildman–Crippen MR) is 113 cm³/mol. The van der Waals surface area contributed by atoms with Gasteiger partial charge in [-0.25, -0.2) is 4.98 Å². The van der Waals surface area contributed by atoms with Gasteiger partial charge in [-0.1, -0.05) is 29.8 Å². The summed E-state index contributed by atoms with van der Waals surface area (Å²) in [6.45, 7) is 3.61. The molecule has 0 unspecified atom stereocenters. The number of ether oxygens (including phenoxy) is 1. The van der Waals surface area contributed by atoms with Gasteiger partial charge in [-0.15, -0.1) is 0 Å². The number of amides is 1. The van der Waals surface area contributed by atoms with E-state index in [-0.39, 0.29) is 5.91 Å². The minimum Gasteiger partial charge on any atom is -0.491 e. The summed E-state index contributed by atoms with van der Waals surface area (Å²) >= 11 is 0. The molecule has 2 heterocycles. The van der Waals surface area contributed by atoms with Gasteiger partial charge in [0.1, 0.15) is 12.4 Å². The fourth-order valence-electron chi connectivity index (χ4n) is 3.74. The van der Waals surface area contributed by atoms with Crippen LogP contribution in [0.4, 0.5) is 0 Å². The molecule has 1 aliphatic rings. The molecule has 1 aromatic heterocycles. The van der Waals surface area contributed by atoms with E-state index in [1.54, 1.807) is 6.33 Å². The van der Waals surface area contributed by atoms with Gasteiger partial charge in [0.15, 0.2) is 0 Å². The quantitative estimate of drug-likeness (QED) is 0.551. The van der Waals surface area contributed by atoms with E-state index in [0.29, 0.717) is 25.3 Å². The fraction of sp³-hybridized carbons (Fsp3) is 0.167. The highest BCUT2D eigenvalue weighted by Crippen LogP contribution is 2.30. The Labute approximate surface area is 169 Å². The van der Waals surface area contributed by atoms with Crippen LogP contribution >= 0.6 is 0 Å². The summed E-state index contributed by atoms with van der Waals surface area (Å²) in [5.74, 6) is 0.876. The van der Waals surface area contributed by atoms with E-state index in [4.69, 9.17) is 4.74 Å². The molecule has 5 nitrogen and oxygen atoms in total. The highest BCUT2D eigenvalue weighted by Gasteiger charge is 2.21. The highest BCUT2D eigenvalue weighted by molar-refractivity contribution is 5.94. The van der Waals surface area contributed by atoms with Crippen LogP contribution in [0, 0.1) is 6.92 Å². The summed E-state index contributed by atoms with van der Waals surface area (Å²) in [7, 11) is 0. The number of imidazole rings is 1. The maximum Gasteiger partial charge on any atom is 0.254 e. The normalized spacial score (nSPS) is 13.6. The number of hydrogen-bond acceptors (Lipinski definition) is 3. The molecule has 0 bridgehead atoms. The topological polar surface area (TPSA) is 58.2 Å². The van der Waals surface area contributed by atoms with Gasteiger partial charge < -0.3 is 14.6 Å². The number of hydrogen-bond donors (Lipinski definition) is 1. The van der Waals surface area contributed by atoms with Crippen molar-refractivity contribution in [3.8, 4) is 16.9 Å². The number of aryl methyl sites for hydroxylation is 1. The number of benzene rings is 3. The maximum absolute atomic E-state index is 13.0. The minimum absolute atomic E-state index is 0.0331. The van der Waals surface area contributed by atoms with E-state index < -0.39 is 0 Å². The molecule has 5 rings (SSSR count). The van der Waals surface area contributed by atoms with Crippen LogP contribution in [0.25, 0.3) is 22.2 Å². The molecule has 0 saturated heterocycles. The van der Waals surface area contributed by atoms with Crippen molar-refractivity contribution in [1.82, 2.24) is 14.9 Å². The van der Waals surface area contributed by atoms with E-state index in [1.165, 1.54) is 0 Å².